The summed E-state index contributed by atoms with van der Waals surface area (Å²) in [6.07, 6.45) is 0. The smallest absolute Gasteiger partial charge is 0.251 e. The minimum absolute atomic E-state index is 0.0441. The van der Waals surface area contributed by atoms with Crippen molar-refractivity contribution in [2.45, 2.75) is 23.0 Å². The molecule has 0 aliphatic carbocycles. The highest BCUT2D eigenvalue weighted by Gasteiger charge is 2.27. The molecule has 0 radical (unpaired) electrons. The Morgan fingerprint density at radius 3 is 1.48 bits per heavy atom. The van der Waals surface area contributed by atoms with Gasteiger partial charge in [-0.1, -0.05) is 57.0 Å². The predicted octanol–water partition coefficient (Wildman–Crippen LogP) is 4.24. The third-order valence-electron chi connectivity index (χ3n) is 4.06. The Balaban J connectivity index is 1.39. The Kier molecular flexibility index (Phi) is 7.15. The summed E-state index contributed by atoms with van der Waals surface area (Å²) in [7, 11) is 3.51. The molecule has 2 amide bonds. The summed E-state index contributed by atoms with van der Waals surface area (Å²) in [6.45, 7) is 5.22. The summed E-state index contributed by atoms with van der Waals surface area (Å²) in [5, 5.41) is 5.99. The lowest BCUT2D eigenvalue weighted by Crippen LogP contribution is -2.30. The number of carbonyl (C=O) groups is 2. The lowest BCUT2D eigenvalue weighted by Gasteiger charge is -2.12. The van der Waals surface area contributed by atoms with Gasteiger partial charge in [0.05, 0.1) is 9.16 Å². The van der Waals surface area contributed by atoms with Crippen molar-refractivity contribution in [1.82, 2.24) is 10.6 Å². The minimum Gasteiger partial charge on any atom is -0.350 e. The number of benzene rings is 2. The highest BCUT2D eigenvalue weighted by atomic mass is 33.1. The molecule has 0 bridgehead atoms. The zero-order chi connectivity index (χ0) is 19.2. The van der Waals surface area contributed by atoms with E-state index in [0.29, 0.717) is 24.2 Å². The molecule has 7 heteroatoms. The van der Waals surface area contributed by atoms with Crippen LogP contribution in [0.3, 0.4) is 0 Å². The molecule has 2 atom stereocenters. The van der Waals surface area contributed by atoms with Crippen LogP contribution in [0.5, 0.6) is 0 Å². The molecule has 0 unspecified atom stereocenters. The predicted molar refractivity (Wildman–Crippen MR) is 117 cm³/mol. The van der Waals surface area contributed by atoms with Gasteiger partial charge in [0.15, 0.2) is 0 Å². The van der Waals surface area contributed by atoms with Crippen LogP contribution in [0.1, 0.15) is 31.8 Å². The van der Waals surface area contributed by atoms with E-state index in [9.17, 15) is 9.59 Å². The molecule has 0 aromatic heterocycles. The zero-order valence-electron chi connectivity index (χ0n) is 15.2. The number of hydrogen-bond donors (Lipinski definition) is 2. The molecule has 142 valence electrons. The SMILES string of the molecule is Cc1ccc(C(=O)NC[C@@H]2SS[C@H](CNC(=O)c3ccc(C)cc3)S2)cc1. The van der Waals surface area contributed by atoms with E-state index < -0.39 is 0 Å². The fraction of sp³-hybridized carbons (Fsp3) is 0.300. The normalized spacial score (nSPS) is 18.9. The van der Waals surface area contributed by atoms with Gasteiger partial charge >= 0.3 is 0 Å². The third-order valence-corrected chi connectivity index (χ3v) is 9.58. The van der Waals surface area contributed by atoms with E-state index >= 15 is 0 Å². The van der Waals surface area contributed by atoms with Crippen molar-refractivity contribution in [3.63, 3.8) is 0 Å². The minimum atomic E-state index is -0.0441. The van der Waals surface area contributed by atoms with Crippen molar-refractivity contribution in [2.24, 2.45) is 0 Å². The average molecular weight is 419 g/mol. The van der Waals surface area contributed by atoms with E-state index in [-0.39, 0.29) is 21.0 Å². The van der Waals surface area contributed by atoms with Crippen LogP contribution in [0.15, 0.2) is 48.5 Å². The summed E-state index contributed by atoms with van der Waals surface area (Å²) < 4.78 is 0.566. The van der Waals surface area contributed by atoms with Gasteiger partial charge in [-0.15, -0.1) is 11.8 Å². The van der Waals surface area contributed by atoms with Crippen LogP contribution in [0.2, 0.25) is 0 Å². The molecule has 1 aliphatic heterocycles. The maximum atomic E-state index is 12.2. The highest BCUT2D eigenvalue weighted by molar-refractivity contribution is 8.82. The van der Waals surface area contributed by atoms with Crippen molar-refractivity contribution < 1.29 is 9.59 Å². The number of hydrogen-bond acceptors (Lipinski definition) is 5. The maximum Gasteiger partial charge on any atom is 0.251 e. The van der Waals surface area contributed by atoms with Gasteiger partial charge in [0.2, 0.25) is 0 Å². The summed E-state index contributed by atoms with van der Waals surface area (Å²) in [6, 6.07) is 15.1. The second-order valence-corrected chi connectivity index (χ2v) is 11.0. The van der Waals surface area contributed by atoms with E-state index in [1.54, 1.807) is 33.3 Å². The Labute approximate surface area is 172 Å². The fourth-order valence-electron chi connectivity index (χ4n) is 2.47. The van der Waals surface area contributed by atoms with Crippen molar-refractivity contribution in [3.8, 4) is 0 Å². The molecule has 3 rings (SSSR count). The van der Waals surface area contributed by atoms with E-state index in [1.165, 1.54) is 0 Å². The van der Waals surface area contributed by atoms with Gasteiger partial charge in [0.25, 0.3) is 11.8 Å². The highest BCUT2D eigenvalue weighted by Crippen LogP contribution is 2.50. The lowest BCUT2D eigenvalue weighted by atomic mass is 10.1. The van der Waals surface area contributed by atoms with Crippen molar-refractivity contribution in [2.75, 3.05) is 13.1 Å². The first-order valence-corrected chi connectivity index (χ1v) is 11.9. The Morgan fingerprint density at radius 2 is 1.11 bits per heavy atom. The number of amides is 2. The molecular formula is C20H22N2O2S3. The molecule has 0 spiro atoms. The van der Waals surface area contributed by atoms with Crippen molar-refractivity contribution in [1.29, 1.82) is 0 Å². The first-order valence-electron chi connectivity index (χ1n) is 8.68. The van der Waals surface area contributed by atoms with Crippen LogP contribution in [-0.2, 0) is 0 Å². The van der Waals surface area contributed by atoms with Crippen LogP contribution in [-0.4, -0.2) is 34.1 Å². The van der Waals surface area contributed by atoms with E-state index in [0.717, 1.165) is 11.1 Å². The van der Waals surface area contributed by atoms with Gasteiger partial charge in [-0.2, -0.15) is 0 Å². The second-order valence-electron chi connectivity index (χ2n) is 6.34. The van der Waals surface area contributed by atoms with Crippen molar-refractivity contribution >= 4 is 45.2 Å². The summed E-state index contributed by atoms with van der Waals surface area (Å²) >= 11 is 1.79. The molecule has 1 heterocycles. The number of rotatable bonds is 6. The van der Waals surface area contributed by atoms with Gasteiger partial charge in [-0.3, -0.25) is 9.59 Å². The van der Waals surface area contributed by atoms with Crippen LogP contribution >= 0.6 is 33.3 Å². The number of aryl methyl sites for hydroxylation is 2. The Morgan fingerprint density at radius 1 is 0.741 bits per heavy atom. The van der Waals surface area contributed by atoms with Crippen LogP contribution in [0.4, 0.5) is 0 Å². The van der Waals surface area contributed by atoms with Crippen LogP contribution in [0.25, 0.3) is 0 Å². The van der Waals surface area contributed by atoms with Crippen molar-refractivity contribution in [3.05, 3.63) is 70.8 Å². The second kappa shape index (κ2) is 9.57. The van der Waals surface area contributed by atoms with Gasteiger partial charge in [0, 0.05) is 24.2 Å². The molecule has 4 nitrogen and oxygen atoms in total. The number of carbonyl (C=O) groups excluding carboxylic acids is 2. The molecule has 2 aromatic carbocycles. The molecule has 1 aliphatic rings. The molecular weight excluding hydrogens is 396 g/mol. The molecule has 1 fully saturated rings. The standard InChI is InChI=1S/C20H22N2O2S3/c1-13-3-7-15(8-4-13)19(23)21-11-17-25-18(27-26-17)12-22-20(24)16-9-5-14(2)6-10-16/h3-10,17-18H,11-12H2,1-2H3,(H,21,23)(H,22,24)/t17-,18+. The number of nitrogens with one attached hydrogen (secondary N) is 2. The molecule has 27 heavy (non-hydrogen) atoms. The summed E-state index contributed by atoms with van der Waals surface area (Å²) in [4.78, 5) is 24.4. The van der Waals surface area contributed by atoms with E-state index in [2.05, 4.69) is 10.6 Å². The molecule has 0 saturated carbocycles. The van der Waals surface area contributed by atoms with Gasteiger partial charge in [0.1, 0.15) is 0 Å². The lowest BCUT2D eigenvalue weighted by molar-refractivity contribution is 0.0948. The quantitative estimate of drug-likeness (QED) is 0.687. The monoisotopic (exact) mass is 418 g/mol. The molecule has 2 N–H and O–H groups in total. The van der Waals surface area contributed by atoms with Gasteiger partial charge in [-0.05, 0) is 38.1 Å². The van der Waals surface area contributed by atoms with Gasteiger partial charge in [-0.25, -0.2) is 0 Å². The topological polar surface area (TPSA) is 58.2 Å². The summed E-state index contributed by atoms with van der Waals surface area (Å²) in [5.74, 6) is -0.0883. The van der Waals surface area contributed by atoms with Crippen LogP contribution in [0, 0.1) is 13.8 Å². The Bertz CT molecular complexity index is 726. The van der Waals surface area contributed by atoms with Crippen LogP contribution < -0.4 is 10.6 Å². The number of thioether (sulfide) groups is 1. The largest absolute Gasteiger partial charge is 0.350 e. The van der Waals surface area contributed by atoms with E-state index in [1.807, 2.05) is 62.4 Å². The van der Waals surface area contributed by atoms with Gasteiger partial charge < -0.3 is 10.6 Å². The Hall–Kier alpha value is -1.57. The first-order chi connectivity index (χ1) is 13.0. The zero-order valence-corrected chi connectivity index (χ0v) is 17.7. The third kappa shape index (κ3) is 5.96. The van der Waals surface area contributed by atoms with E-state index in [4.69, 9.17) is 0 Å². The molecule has 1 saturated heterocycles. The molecule has 2 aromatic rings. The first kappa shape index (κ1) is 20.2. The maximum absolute atomic E-state index is 12.2. The average Bonchev–Trinajstić information content (AvgIpc) is 3.13. The summed E-state index contributed by atoms with van der Waals surface area (Å²) in [5.41, 5.74) is 3.65. The fourth-order valence-corrected chi connectivity index (χ4v) is 7.88.